The fourth-order valence-electron chi connectivity index (χ4n) is 7.39. The number of aliphatic carboxylic acids is 1. The third-order valence-electron chi connectivity index (χ3n) is 10.5. The molecule has 2 aliphatic heterocycles. The molecule has 8 rings (SSSR count). The summed E-state index contributed by atoms with van der Waals surface area (Å²) in [7, 11) is 1.94. The minimum absolute atomic E-state index is 0.103. The average molecular weight is 949 g/mol. The Hall–Kier alpha value is -6.08. The number of thiazole rings is 2. The van der Waals surface area contributed by atoms with Gasteiger partial charge in [0.05, 0.1) is 0 Å². The fourth-order valence-corrected chi connectivity index (χ4v) is 11.7. The van der Waals surface area contributed by atoms with Crippen molar-refractivity contribution in [2.24, 2.45) is 12.2 Å². The van der Waals surface area contributed by atoms with Crippen LogP contribution in [0.5, 0.6) is 0 Å². The van der Waals surface area contributed by atoms with Gasteiger partial charge in [0.2, 0.25) is 5.60 Å². The summed E-state index contributed by atoms with van der Waals surface area (Å²) < 4.78 is 8.34. The molecule has 5 heterocycles. The van der Waals surface area contributed by atoms with Gasteiger partial charge >= 0.3 is 11.9 Å². The van der Waals surface area contributed by atoms with Crippen molar-refractivity contribution in [2.45, 2.75) is 67.1 Å². The molecule has 6 aromatic rings. The molecule has 0 bridgehead atoms. The second-order valence-corrected chi connectivity index (χ2v) is 20.9. The molecular weight excluding hydrogens is 903 g/mol. The number of nitrogens with zero attached hydrogens (tertiary/aromatic N) is 5. The molecule has 1 unspecified atom stereocenters. The van der Waals surface area contributed by atoms with Gasteiger partial charge in [0.1, 0.15) is 46.5 Å². The largest absolute Gasteiger partial charge is 0.477 e. The first kappa shape index (κ1) is 45.5. The van der Waals surface area contributed by atoms with Crippen molar-refractivity contribution in [3.05, 3.63) is 148 Å². The van der Waals surface area contributed by atoms with Gasteiger partial charge in [-0.15, -0.1) is 23.1 Å². The number of aromatic nitrogens is 3. The number of anilines is 1. The molecule has 1 fully saturated rings. The maximum atomic E-state index is 14.5. The Kier molecular flexibility index (Phi) is 12.9. The summed E-state index contributed by atoms with van der Waals surface area (Å²) in [5, 5.41) is 22.5. The number of amides is 2. The molecular formula is C47H46N7O7S4+. The van der Waals surface area contributed by atoms with Crippen molar-refractivity contribution in [2.75, 3.05) is 16.8 Å². The molecule has 3 aromatic carbocycles. The van der Waals surface area contributed by atoms with Gasteiger partial charge in [-0.3, -0.25) is 14.5 Å². The number of fused-ring (bicyclic) bond motifs is 2. The number of nitrogens with one attached hydrogen (secondary N) is 2. The lowest BCUT2D eigenvalue weighted by Crippen LogP contribution is -2.71. The van der Waals surface area contributed by atoms with Gasteiger partial charge in [0.25, 0.3) is 16.6 Å². The van der Waals surface area contributed by atoms with Gasteiger partial charge < -0.3 is 25.3 Å². The molecule has 0 saturated carbocycles. The number of hydrogen-bond acceptors (Lipinski definition) is 14. The van der Waals surface area contributed by atoms with E-state index in [-0.39, 0.29) is 17.1 Å². The normalized spacial score (nSPS) is 16.7. The number of thioether (sulfide) groups is 2. The Morgan fingerprint density at radius 3 is 2.09 bits per heavy atom. The van der Waals surface area contributed by atoms with Crippen LogP contribution in [0.15, 0.2) is 135 Å². The summed E-state index contributed by atoms with van der Waals surface area (Å²) in [6.45, 7) is 8.13. The third kappa shape index (κ3) is 9.38. The van der Waals surface area contributed by atoms with Crippen molar-refractivity contribution in [3.8, 4) is 0 Å². The molecule has 18 heteroatoms. The first-order valence-corrected chi connectivity index (χ1v) is 24.3. The number of hydrogen-bond donors (Lipinski definition) is 3. The SMILES string of the molecule is C[n+]1cccc2nc(SCC3=C(C(=O)O)N4C(=O)C(NC(=O)C(=NOC(C)(C)C(=O)OC(C)(C)C)c5csc(NC(c6ccccc6)(c6ccccc6)c6ccccc6)n5)[C@@H]4SC3)sc21. The summed E-state index contributed by atoms with van der Waals surface area (Å²) in [6.07, 6.45) is 1.94. The van der Waals surface area contributed by atoms with E-state index < -0.39 is 51.9 Å². The number of carboxylic acid groups (broad SMARTS) is 1. The molecule has 0 aliphatic carbocycles. The number of benzene rings is 3. The molecule has 14 nitrogen and oxygen atoms in total. The van der Waals surface area contributed by atoms with Gasteiger partial charge in [0, 0.05) is 23.0 Å². The number of carboxylic acids is 1. The predicted molar refractivity (Wildman–Crippen MR) is 254 cm³/mol. The van der Waals surface area contributed by atoms with Crippen molar-refractivity contribution < 1.29 is 38.4 Å². The van der Waals surface area contributed by atoms with E-state index in [2.05, 4.69) is 15.8 Å². The van der Waals surface area contributed by atoms with Crippen LogP contribution in [0.3, 0.4) is 0 Å². The zero-order valence-electron chi connectivity index (χ0n) is 36.3. The second-order valence-electron chi connectivity index (χ2n) is 16.8. The predicted octanol–water partition coefficient (Wildman–Crippen LogP) is 7.35. The minimum Gasteiger partial charge on any atom is -0.477 e. The summed E-state index contributed by atoms with van der Waals surface area (Å²) in [4.78, 5) is 72.0. The Balaban J connectivity index is 1.09. The van der Waals surface area contributed by atoms with Crippen LogP contribution >= 0.6 is 46.2 Å². The summed E-state index contributed by atoms with van der Waals surface area (Å²) >= 11 is 5.51. The number of aryl methyl sites for hydroxylation is 1. The van der Waals surface area contributed by atoms with Crippen molar-refractivity contribution in [1.82, 2.24) is 20.2 Å². The van der Waals surface area contributed by atoms with E-state index in [9.17, 15) is 24.3 Å². The number of pyridine rings is 1. The van der Waals surface area contributed by atoms with Gasteiger partial charge in [0.15, 0.2) is 21.4 Å². The Morgan fingerprint density at radius 1 is 0.908 bits per heavy atom. The van der Waals surface area contributed by atoms with Gasteiger partial charge in [-0.1, -0.05) is 108 Å². The highest BCUT2D eigenvalue weighted by Crippen LogP contribution is 2.43. The van der Waals surface area contributed by atoms with E-state index in [1.165, 1.54) is 64.9 Å². The first-order chi connectivity index (χ1) is 31.1. The van der Waals surface area contributed by atoms with Gasteiger partial charge in [-0.25, -0.2) is 19.6 Å². The lowest BCUT2D eigenvalue weighted by Gasteiger charge is -2.49. The quantitative estimate of drug-likeness (QED) is 0.0178. The van der Waals surface area contributed by atoms with E-state index in [0.29, 0.717) is 22.2 Å². The molecule has 2 atom stereocenters. The summed E-state index contributed by atoms with van der Waals surface area (Å²) in [6, 6.07) is 32.6. The first-order valence-electron chi connectivity index (χ1n) is 20.5. The average Bonchev–Trinajstić information content (AvgIpc) is 3.94. The smallest absolute Gasteiger partial charge is 0.353 e. The van der Waals surface area contributed by atoms with Crippen LogP contribution in [0, 0.1) is 0 Å². The number of rotatable bonds is 15. The highest BCUT2D eigenvalue weighted by atomic mass is 32.2. The maximum absolute atomic E-state index is 14.5. The topological polar surface area (TPSA) is 176 Å². The standard InChI is InChI=1S/C47H45N7O7S4/c1-45(2,3)60-42(59)46(4,5)61-52-34(33-27-63-43(48-33)51-47(29-17-10-7-11-18-29,30-19-12-8-13-20-30)31-21-14-9-15-22-31)37(55)50-35-38(56)54-36(41(57)58)28(25-62-40(35)54)26-64-44-49-32-23-16-24-53(6)39(32)65-44/h7-24,27,35,40H,25-26H2,1-6H3,(H2-,48,50,51,55,57,58)/p+1/t35?,40-/m0/s1. The van der Waals surface area contributed by atoms with Crippen LogP contribution in [-0.2, 0) is 41.3 Å². The van der Waals surface area contributed by atoms with Crippen LogP contribution in [0.2, 0.25) is 0 Å². The molecule has 3 N–H and O–H groups in total. The number of esters is 1. The molecule has 334 valence electrons. The highest BCUT2D eigenvalue weighted by molar-refractivity contribution is 8.02. The fraction of sp³-hybridized carbons (Fsp3) is 0.277. The third-order valence-corrected chi connectivity index (χ3v) is 15.0. The molecule has 0 radical (unpaired) electrons. The van der Waals surface area contributed by atoms with Gasteiger partial charge in [-0.05, 0) is 74.3 Å². The van der Waals surface area contributed by atoms with E-state index in [1.54, 1.807) is 26.2 Å². The second kappa shape index (κ2) is 18.4. The van der Waals surface area contributed by atoms with Crippen LogP contribution in [0.4, 0.5) is 5.13 Å². The zero-order valence-corrected chi connectivity index (χ0v) is 39.6. The number of oxime groups is 1. The van der Waals surface area contributed by atoms with Crippen LogP contribution < -0.4 is 15.2 Å². The van der Waals surface area contributed by atoms with E-state index in [1.807, 2.05) is 121 Å². The zero-order chi connectivity index (χ0) is 46.1. The van der Waals surface area contributed by atoms with Gasteiger partial charge in [-0.2, -0.15) is 4.57 Å². The molecule has 1 saturated heterocycles. The Morgan fingerprint density at radius 2 is 1.52 bits per heavy atom. The van der Waals surface area contributed by atoms with E-state index in [4.69, 9.17) is 19.5 Å². The van der Waals surface area contributed by atoms with E-state index >= 15 is 0 Å². The van der Waals surface area contributed by atoms with Crippen LogP contribution in [0.25, 0.3) is 10.3 Å². The van der Waals surface area contributed by atoms with Crippen molar-refractivity contribution in [3.63, 3.8) is 0 Å². The minimum atomic E-state index is -1.64. The molecule has 65 heavy (non-hydrogen) atoms. The van der Waals surface area contributed by atoms with Crippen molar-refractivity contribution in [1.29, 1.82) is 0 Å². The monoisotopic (exact) mass is 948 g/mol. The number of β-lactam (4-membered cyclic amide) rings is 1. The van der Waals surface area contributed by atoms with Crippen molar-refractivity contribution >= 4 is 91.1 Å². The summed E-state index contributed by atoms with van der Waals surface area (Å²) in [5.41, 5.74) is 0.507. The number of ether oxygens (including phenoxy) is 1. The Labute approximate surface area is 392 Å². The molecule has 3 aromatic heterocycles. The number of carbonyl (C=O) groups excluding carboxylic acids is 3. The maximum Gasteiger partial charge on any atom is 0.353 e. The lowest BCUT2D eigenvalue weighted by atomic mass is 9.77. The molecule has 2 amide bonds. The number of carbonyl (C=O) groups is 4. The Bertz CT molecular complexity index is 2730. The van der Waals surface area contributed by atoms with E-state index in [0.717, 1.165) is 31.4 Å². The van der Waals surface area contributed by atoms with Crippen LogP contribution in [-0.4, -0.2) is 83.6 Å². The lowest BCUT2D eigenvalue weighted by molar-refractivity contribution is -0.642. The highest BCUT2D eigenvalue weighted by Gasteiger charge is 2.54. The summed E-state index contributed by atoms with van der Waals surface area (Å²) in [5.74, 6) is -2.72. The van der Waals surface area contributed by atoms with Crippen LogP contribution in [0.1, 0.15) is 57.0 Å². The molecule has 2 aliphatic rings. The molecule has 0 spiro atoms.